The van der Waals surface area contributed by atoms with Crippen molar-refractivity contribution in [2.75, 3.05) is 6.54 Å². The van der Waals surface area contributed by atoms with Crippen LogP contribution in [0.5, 0.6) is 0 Å². The second-order valence-corrected chi connectivity index (χ2v) is 5.95. The summed E-state index contributed by atoms with van der Waals surface area (Å²) in [6.07, 6.45) is 1.64. The molecule has 0 radical (unpaired) electrons. The van der Waals surface area contributed by atoms with Crippen molar-refractivity contribution in [1.82, 2.24) is 20.1 Å². The maximum atomic E-state index is 12.3. The van der Waals surface area contributed by atoms with E-state index in [-0.39, 0.29) is 30.7 Å². The Balaban J connectivity index is 0.00000242. The number of benzene rings is 1. The molecule has 1 aromatic heterocycles. The number of nitrogens with zero attached hydrogens (tertiary/aromatic N) is 3. The molecule has 0 aliphatic heterocycles. The Morgan fingerprint density at radius 3 is 2.48 bits per heavy atom. The first kappa shape index (κ1) is 21.9. The third-order valence-corrected chi connectivity index (χ3v) is 3.89. The van der Waals surface area contributed by atoms with Crippen LogP contribution >= 0.6 is 40.7 Å². The lowest BCUT2D eigenvalue weighted by molar-refractivity contribution is -0.126. The van der Waals surface area contributed by atoms with Crippen molar-refractivity contribution in [1.29, 1.82) is 0 Å². The van der Waals surface area contributed by atoms with Crippen molar-refractivity contribution in [2.45, 2.75) is 25.9 Å². The monoisotopic (exact) mass is 423 g/mol. The Morgan fingerprint density at radius 1 is 1.35 bits per heavy atom. The molecule has 0 fully saturated rings. The lowest BCUT2D eigenvalue weighted by Gasteiger charge is -2.24. The molecule has 23 heavy (non-hydrogen) atoms. The molecular formula is C14H20BrCl2N5O. The second kappa shape index (κ2) is 9.22. The lowest BCUT2D eigenvalue weighted by Crippen LogP contribution is -2.49. The largest absolute Gasteiger partial charge is 0.352 e. The van der Waals surface area contributed by atoms with Gasteiger partial charge in [0.1, 0.15) is 17.7 Å². The highest BCUT2D eigenvalue weighted by molar-refractivity contribution is 9.10. The lowest BCUT2D eigenvalue weighted by atomic mass is 9.92. The maximum Gasteiger partial charge on any atom is 0.244 e. The summed E-state index contributed by atoms with van der Waals surface area (Å²) in [5.41, 5.74) is 5.86. The van der Waals surface area contributed by atoms with E-state index < -0.39 is 5.54 Å². The van der Waals surface area contributed by atoms with Crippen molar-refractivity contribution in [3.05, 3.63) is 46.5 Å². The summed E-state index contributed by atoms with van der Waals surface area (Å²) in [6, 6.07) is 7.42. The summed E-state index contributed by atoms with van der Waals surface area (Å²) >= 11 is 3.36. The number of hydrogen-bond donors (Lipinski definition) is 2. The van der Waals surface area contributed by atoms with Gasteiger partial charge in [-0.3, -0.25) is 4.79 Å². The topological polar surface area (TPSA) is 85.8 Å². The van der Waals surface area contributed by atoms with Gasteiger partial charge in [0.25, 0.3) is 0 Å². The molecule has 0 bridgehead atoms. The molecule has 2 aromatic rings. The number of halogens is 3. The molecule has 1 unspecified atom stereocenters. The van der Waals surface area contributed by atoms with Gasteiger partial charge in [-0.1, -0.05) is 28.1 Å². The fourth-order valence-corrected chi connectivity index (χ4v) is 2.20. The summed E-state index contributed by atoms with van der Waals surface area (Å²) in [6.45, 7) is 4.65. The van der Waals surface area contributed by atoms with E-state index in [2.05, 4.69) is 31.4 Å². The van der Waals surface area contributed by atoms with Gasteiger partial charge < -0.3 is 15.6 Å². The molecule has 0 saturated carbocycles. The van der Waals surface area contributed by atoms with Crippen molar-refractivity contribution >= 4 is 46.7 Å². The van der Waals surface area contributed by atoms with E-state index in [0.29, 0.717) is 13.1 Å². The molecule has 1 amide bonds. The highest BCUT2D eigenvalue weighted by Gasteiger charge is 2.30. The van der Waals surface area contributed by atoms with Crippen LogP contribution in [0, 0.1) is 6.92 Å². The maximum absolute atomic E-state index is 12.3. The molecule has 6 nitrogen and oxygen atoms in total. The molecule has 128 valence electrons. The summed E-state index contributed by atoms with van der Waals surface area (Å²) in [5, 5.41) is 10.5. The van der Waals surface area contributed by atoms with Crippen molar-refractivity contribution in [3.8, 4) is 0 Å². The Kier molecular flexibility index (Phi) is 8.76. The highest BCUT2D eigenvalue weighted by atomic mass is 79.9. The van der Waals surface area contributed by atoms with Gasteiger partial charge in [0, 0.05) is 17.6 Å². The average molecular weight is 425 g/mol. The van der Waals surface area contributed by atoms with Crippen LogP contribution in [-0.2, 0) is 16.9 Å². The van der Waals surface area contributed by atoms with Crippen LogP contribution < -0.4 is 11.1 Å². The Morgan fingerprint density at radius 2 is 1.96 bits per heavy atom. The van der Waals surface area contributed by atoms with E-state index in [4.69, 9.17) is 5.73 Å². The van der Waals surface area contributed by atoms with E-state index in [9.17, 15) is 4.79 Å². The highest BCUT2D eigenvalue weighted by Crippen LogP contribution is 2.20. The number of rotatable bonds is 5. The van der Waals surface area contributed by atoms with Gasteiger partial charge in [-0.2, -0.15) is 0 Å². The van der Waals surface area contributed by atoms with Crippen LogP contribution in [0.25, 0.3) is 0 Å². The molecule has 0 spiro atoms. The predicted octanol–water partition coefficient (Wildman–Crippen LogP) is 2.18. The smallest absolute Gasteiger partial charge is 0.244 e. The second-order valence-electron chi connectivity index (χ2n) is 5.04. The van der Waals surface area contributed by atoms with Gasteiger partial charge in [0.05, 0.1) is 0 Å². The fraction of sp³-hybridized carbons (Fsp3) is 0.357. The van der Waals surface area contributed by atoms with Crippen LogP contribution in [0.4, 0.5) is 0 Å². The van der Waals surface area contributed by atoms with E-state index in [1.165, 1.54) is 0 Å². The molecule has 1 heterocycles. The summed E-state index contributed by atoms with van der Waals surface area (Å²) < 4.78 is 2.82. The van der Waals surface area contributed by atoms with Crippen LogP contribution in [0.3, 0.4) is 0 Å². The average Bonchev–Trinajstić information content (AvgIpc) is 2.85. The summed E-state index contributed by atoms with van der Waals surface area (Å²) in [7, 11) is 0. The number of nitrogens with one attached hydrogen (secondary N) is 1. The normalized spacial score (nSPS) is 12.5. The van der Waals surface area contributed by atoms with Gasteiger partial charge in [-0.05, 0) is 31.5 Å². The molecule has 3 N–H and O–H groups in total. The van der Waals surface area contributed by atoms with Gasteiger partial charge in [0.15, 0.2) is 0 Å². The Hall–Kier alpha value is -1.15. The molecule has 2 rings (SSSR count). The zero-order valence-electron chi connectivity index (χ0n) is 12.8. The molecule has 0 saturated heterocycles. The summed E-state index contributed by atoms with van der Waals surface area (Å²) in [4.78, 5) is 12.3. The van der Waals surface area contributed by atoms with Crippen LogP contribution in [0.15, 0.2) is 35.1 Å². The fourth-order valence-electron chi connectivity index (χ4n) is 1.93. The first-order chi connectivity index (χ1) is 9.91. The number of aryl methyl sites for hydroxylation is 1. The minimum atomic E-state index is -1.07. The van der Waals surface area contributed by atoms with Gasteiger partial charge >= 0.3 is 0 Å². The van der Waals surface area contributed by atoms with Gasteiger partial charge in [-0.15, -0.1) is 35.0 Å². The SMILES string of the molecule is Cc1nncn1CCNC(=O)C(C)(N)c1ccc(Br)cc1.Cl.Cl. The standard InChI is InChI=1S/C14H18BrN5O.2ClH/c1-10-19-18-9-20(10)8-7-17-13(21)14(2,16)11-3-5-12(15)6-4-11;;/h3-6,9H,7-8,16H2,1-2H3,(H,17,21);2*1H. The number of carbonyl (C=O) groups is 1. The number of aromatic nitrogens is 3. The van der Waals surface area contributed by atoms with Crippen molar-refractivity contribution < 1.29 is 4.79 Å². The number of amides is 1. The first-order valence-electron chi connectivity index (χ1n) is 6.59. The minimum absolute atomic E-state index is 0. The molecule has 1 aromatic carbocycles. The van der Waals surface area contributed by atoms with Crippen LogP contribution in [-0.4, -0.2) is 27.2 Å². The van der Waals surface area contributed by atoms with Crippen LogP contribution in [0.1, 0.15) is 18.3 Å². The zero-order chi connectivity index (χ0) is 15.5. The van der Waals surface area contributed by atoms with Crippen molar-refractivity contribution in [2.24, 2.45) is 5.73 Å². The molecule has 1 atom stereocenters. The van der Waals surface area contributed by atoms with Gasteiger partial charge in [0.2, 0.25) is 5.91 Å². The molecular weight excluding hydrogens is 405 g/mol. The van der Waals surface area contributed by atoms with E-state index in [1.807, 2.05) is 35.8 Å². The zero-order valence-corrected chi connectivity index (χ0v) is 16.0. The molecule has 0 aliphatic rings. The molecule has 9 heteroatoms. The Bertz CT molecular complexity index is 630. The van der Waals surface area contributed by atoms with Crippen LogP contribution in [0.2, 0.25) is 0 Å². The summed E-state index contributed by atoms with van der Waals surface area (Å²) in [5.74, 6) is 0.600. The third kappa shape index (κ3) is 5.46. The predicted molar refractivity (Wildman–Crippen MR) is 97.9 cm³/mol. The third-order valence-electron chi connectivity index (χ3n) is 3.36. The van der Waals surface area contributed by atoms with E-state index >= 15 is 0 Å². The number of carbonyl (C=O) groups excluding carboxylic acids is 1. The van der Waals surface area contributed by atoms with Crippen molar-refractivity contribution in [3.63, 3.8) is 0 Å². The molecule has 0 aliphatic carbocycles. The quantitative estimate of drug-likeness (QED) is 0.770. The number of hydrogen-bond acceptors (Lipinski definition) is 4. The van der Waals surface area contributed by atoms with E-state index in [1.54, 1.807) is 13.3 Å². The first-order valence-corrected chi connectivity index (χ1v) is 7.38. The van der Waals surface area contributed by atoms with E-state index in [0.717, 1.165) is 15.9 Å². The Labute approximate surface area is 156 Å². The van der Waals surface area contributed by atoms with Gasteiger partial charge in [-0.25, -0.2) is 0 Å². The minimum Gasteiger partial charge on any atom is -0.352 e. The number of nitrogens with two attached hydrogens (primary N) is 1.